The first-order chi connectivity index (χ1) is 5.47. The summed E-state index contributed by atoms with van der Waals surface area (Å²) in [5.41, 5.74) is 0. The van der Waals surface area contributed by atoms with Crippen LogP contribution in [0, 0.1) is 0 Å². The van der Waals surface area contributed by atoms with E-state index in [0.717, 1.165) is 13.2 Å². The number of sulfone groups is 1. The summed E-state index contributed by atoms with van der Waals surface area (Å²) < 4.78 is 25.2. The summed E-state index contributed by atoms with van der Waals surface area (Å²) in [5.74, 6) is 0.0764. The Morgan fingerprint density at radius 1 is 1.33 bits per heavy atom. The monoisotopic (exact) mass is 194 g/mol. The molecule has 0 heterocycles. The third kappa shape index (κ3) is 22.6. The fraction of sp³-hybridized carbons (Fsp3) is 0.750. The van der Waals surface area contributed by atoms with E-state index in [9.17, 15) is 8.42 Å². The molecule has 0 fully saturated rings. The van der Waals surface area contributed by atoms with Gasteiger partial charge in [0.05, 0.1) is 5.75 Å². The Morgan fingerprint density at radius 2 is 1.75 bits per heavy atom. The normalized spacial score (nSPS) is 9.92. The highest BCUT2D eigenvalue weighted by molar-refractivity contribution is 7.90. The molecular formula is C8H18O3S. The Hall–Kier alpha value is -0.350. The second-order valence-electron chi connectivity index (χ2n) is 2.16. The molecular weight excluding hydrogens is 176 g/mol. The molecule has 0 radical (unpaired) electrons. The minimum atomic E-state index is -2.79. The molecule has 0 aliphatic heterocycles. The van der Waals surface area contributed by atoms with Crippen LogP contribution in [0.4, 0.5) is 0 Å². The van der Waals surface area contributed by atoms with Crippen molar-refractivity contribution in [3.8, 4) is 0 Å². The molecule has 0 aromatic rings. The molecule has 0 spiro atoms. The van der Waals surface area contributed by atoms with E-state index in [1.807, 2.05) is 13.8 Å². The molecule has 4 heteroatoms. The maximum atomic E-state index is 10.2. The maximum absolute atomic E-state index is 10.2. The molecule has 12 heavy (non-hydrogen) atoms. The minimum Gasteiger partial charge on any atom is -0.382 e. The molecule has 0 atom stereocenters. The Balaban J connectivity index is 0. The molecule has 0 N–H and O–H groups in total. The van der Waals surface area contributed by atoms with Gasteiger partial charge in [0.1, 0.15) is 0 Å². The lowest BCUT2D eigenvalue weighted by molar-refractivity contribution is 0.162. The lowest BCUT2D eigenvalue weighted by atomic mass is 10.8. The van der Waals surface area contributed by atoms with Gasteiger partial charge in [-0.15, -0.1) is 6.58 Å². The van der Waals surface area contributed by atoms with Crippen molar-refractivity contribution < 1.29 is 13.2 Å². The van der Waals surface area contributed by atoms with E-state index in [1.165, 1.54) is 12.3 Å². The Bertz CT molecular complexity index is 180. The van der Waals surface area contributed by atoms with Crippen LogP contribution in [0.5, 0.6) is 0 Å². The molecule has 74 valence electrons. The molecule has 0 aromatic carbocycles. The fourth-order valence-electron chi connectivity index (χ4n) is 0.418. The van der Waals surface area contributed by atoms with E-state index in [4.69, 9.17) is 4.74 Å². The van der Waals surface area contributed by atoms with E-state index in [0.29, 0.717) is 0 Å². The standard InChI is InChI=1S/C4H8O2S.C4H10O/c1-3-4-7(2,5)6;1-3-5-4-2/h3H,1,4H2,2H3;3-4H2,1-2H3. The molecule has 0 aliphatic rings. The average molecular weight is 194 g/mol. The SMILES string of the molecule is C=CCS(C)(=O)=O.CCOCC. The summed E-state index contributed by atoms with van der Waals surface area (Å²) in [6.45, 7) is 8.93. The fourth-order valence-corrected chi connectivity index (χ4v) is 0.846. The van der Waals surface area contributed by atoms with Gasteiger partial charge in [-0.25, -0.2) is 8.42 Å². The van der Waals surface area contributed by atoms with E-state index < -0.39 is 9.84 Å². The van der Waals surface area contributed by atoms with Crippen molar-refractivity contribution in [2.45, 2.75) is 13.8 Å². The predicted molar refractivity (Wildman–Crippen MR) is 52.1 cm³/mol. The molecule has 0 rings (SSSR count). The van der Waals surface area contributed by atoms with Crippen LogP contribution in [0.15, 0.2) is 12.7 Å². The van der Waals surface area contributed by atoms with Crippen LogP contribution in [0.1, 0.15) is 13.8 Å². The largest absolute Gasteiger partial charge is 0.382 e. The molecule has 0 unspecified atom stereocenters. The van der Waals surface area contributed by atoms with Crippen molar-refractivity contribution in [3.05, 3.63) is 12.7 Å². The second kappa shape index (κ2) is 8.74. The van der Waals surface area contributed by atoms with Crippen molar-refractivity contribution in [3.63, 3.8) is 0 Å². The van der Waals surface area contributed by atoms with Crippen LogP contribution >= 0.6 is 0 Å². The zero-order valence-corrected chi connectivity index (χ0v) is 8.86. The van der Waals surface area contributed by atoms with Crippen molar-refractivity contribution >= 4 is 9.84 Å². The van der Waals surface area contributed by atoms with Gasteiger partial charge in [-0.05, 0) is 13.8 Å². The first kappa shape index (κ1) is 14.2. The maximum Gasteiger partial charge on any atom is 0.150 e. The summed E-state index contributed by atoms with van der Waals surface area (Å²) in [7, 11) is -2.79. The van der Waals surface area contributed by atoms with Gasteiger partial charge in [0, 0.05) is 19.5 Å². The summed E-state index contributed by atoms with van der Waals surface area (Å²) in [6.07, 6.45) is 2.55. The Morgan fingerprint density at radius 3 is 1.75 bits per heavy atom. The second-order valence-corrected chi connectivity index (χ2v) is 4.35. The highest BCUT2D eigenvalue weighted by atomic mass is 32.2. The Kier molecular flexibility index (Phi) is 10.3. The topological polar surface area (TPSA) is 43.4 Å². The average Bonchev–Trinajstić information content (AvgIpc) is 1.87. The summed E-state index contributed by atoms with van der Waals surface area (Å²) in [6, 6.07) is 0. The van der Waals surface area contributed by atoms with Gasteiger partial charge in [-0.2, -0.15) is 0 Å². The van der Waals surface area contributed by atoms with Crippen LogP contribution in [0.2, 0.25) is 0 Å². The van der Waals surface area contributed by atoms with Gasteiger partial charge in [0.15, 0.2) is 9.84 Å². The zero-order valence-electron chi connectivity index (χ0n) is 8.04. The molecule has 3 nitrogen and oxygen atoms in total. The molecule has 0 saturated carbocycles. The highest BCUT2D eigenvalue weighted by Gasteiger charge is 1.93. The van der Waals surface area contributed by atoms with E-state index in [2.05, 4.69) is 6.58 Å². The quantitative estimate of drug-likeness (QED) is 0.633. The summed E-state index contributed by atoms with van der Waals surface area (Å²) in [4.78, 5) is 0. The van der Waals surface area contributed by atoms with Crippen molar-refractivity contribution in [2.75, 3.05) is 25.2 Å². The van der Waals surface area contributed by atoms with Crippen molar-refractivity contribution in [2.24, 2.45) is 0 Å². The number of hydrogen-bond acceptors (Lipinski definition) is 3. The molecule has 0 saturated heterocycles. The predicted octanol–water partition coefficient (Wildman–Crippen LogP) is 1.26. The third-order valence-electron chi connectivity index (χ3n) is 0.829. The smallest absolute Gasteiger partial charge is 0.150 e. The van der Waals surface area contributed by atoms with Crippen molar-refractivity contribution in [1.82, 2.24) is 0 Å². The first-order valence-electron chi connectivity index (χ1n) is 3.84. The first-order valence-corrected chi connectivity index (χ1v) is 5.90. The van der Waals surface area contributed by atoms with Gasteiger partial charge in [0.2, 0.25) is 0 Å². The number of rotatable bonds is 4. The van der Waals surface area contributed by atoms with E-state index >= 15 is 0 Å². The van der Waals surface area contributed by atoms with Crippen molar-refractivity contribution in [1.29, 1.82) is 0 Å². The molecule has 0 bridgehead atoms. The van der Waals surface area contributed by atoms with Gasteiger partial charge < -0.3 is 4.74 Å². The van der Waals surface area contributed by atoms with Crippen LogP contribution in [0.3, 0.4) is 0 Å². The summed E-state index contributed by atoms with van der Waals surface area (Å²) in [5, 5.41) is 0. The number of ether oxygens (including phenoxy) is 1. The molecule has 0 aliphatic carbocycles. The van der Waals surface area contributed by atoms with Gasteiger partial charge >= 0.3 is 0 Å². The number of hydrogen-bond donors (Lipinski definition) is 0. The van der Waals surface area contributed by atoms with Crippen LogP contribution < -0.4 is 0 Å². The van der Waals surface area contributed by atoms with Crippen LogP contribution in [-0.4, -0.2) is 33.6 Å². The van der Waals surface area contributed by atoms with Gasteiger partial charge in [-0.3, -0.25) is 0 Å². The minimum absolute atomic E-state index is 0.0764. The van der Waals surface area contributed by atoms with Crippen LogP contribution in [0.25, 0.3) is 0 Å². The zero-order chi connectivity index (χ0) is 10.0. The highest BCUT2D eigenvalue weighted by Crippen LogP contribution is 1.79. The Labute approximate surface area is 75.3 Å². The van der Waals surface area contributed by atoms with E-state index in [1.54, 1.807) is 0 Å². The summed E-state index contributed by atoms with van der Waals surface area (Å²) >= 11 is 0. The lowest BCUT2D eigenvalue weighted by Gasteiger charge is -1.86. The van der Waals surface area contributed by atoms with E-state index in [-0.39, 0.29) is 5.75 Å². The third-order valence-corrected chi connectivity index (χ3v) is 1.67. The lowest BCUT2D eigenvalue weighted by Crippen LogP contribution is -1.98. The van der Waals surface area contributed by atoms with Gasteiger partial charge in [0.25, 0.3) is 0 Å². The van der Waals surface area contributed by atoms with Gasteiger partial charge in [-0.1, -0.05) is 6.08 Å². The van der Waals surface area contributed by atoms with Crippen LogP contribution in [-0.2, 0) is 14.6 Å². The molecule has 0 amide bonds. The molecule has 0 aromatic heterocycles.